The number of carboxylic acid groups (broad SMARTS) is 1. The van der Waals surface area contributed by atoms with Crippen molar-refractivity contribution in [3.05, 3.63) is 269 Å². The topological polar surface area (TPSA) is 572 Å². The Bertz CT molecular complexity index is 6210. The Kier molecular flexibility index (Phi) is 56.7. The molecule has 0 atom stereocenters. The number of nitriles is 4. The molecule has 8 N–H and O–H groups in total. The van der Waals surface area contributed by atoms with Crippen LogP contribution in [0.1, 0.15) is 87.3 Å². The summed E-state index contributed by atoms with van der Waals surface area (Å²) in [5.41, 5.74) is 21.1. The largest absolute Gasteiger partial charge is 1.00 e. The molecular weight excluding hydrogens is 1960 g/mol. The maximum absolute atomic E-state index is 11.8. The fourth-order valence-electron chi connectivity index (χ4n) is 9.40. The molecule has 0 aliphatic rings. The second-order valence-electron chi connectivity index (χ2n) is 28.3. The van der Waals surface area contributed by atoms with Gasteiger partial charge in [-0.1, -0.05) is 19.6 Å². The third kappa shape index (κ3) is 45.9. The zero-order valence-corrected chi connectivity index (χ0v) is 87.7. The van der Waals surface area contributed by atoms with Crippen molar-refractivity contribution in [1.82, 2.24) is 88.0 Å². The third-order valence-corrected chi connectivity index (χ3v) is 17.6. The molecule has 48 heteroatoms. The number of amides is 2. The van der Waals surface area contributed by atoms with E-state index < -0.39 is 31.6 Å². The number of ether oxygens (including phenoxy) is 10. The zero-order chi connectivity index (χ0) is 101. The molecule has 14 aromatic rings. The van der Waals surface area contributed by atoms with Crippen molar-refractivity contribution in [3.63, 3.8) is 0 Å². The number of aromatic amines is 1. The number of H-pyrrole nitrogens is 1. The van der Waals surface area contributed by atoms with Crippen molar-refractivity contribution in [2.75, 3.05) is 75.0 Å². The molecule has 0 bridgehead atoms. The third-order valence-electron chi connectivity index (χ3n) is 15.8. The molecule has 0 saturated carbocycles. The standard InChI is InChI=1S/C15H20N4O3.C11H10N4O.C11H11N3O3.C10H12N4O.C7H7BrN2O2.C7H5BrN2O.C7H6N2O.C7H10NO.C6H7NO.C4H6N2.C4H9NSi.BHNS.K.H2O/c1-10-8-19(9-17-10)11-7-16-13(6-12(11)21-5)18-14(20)22-15(2,3)4;1-8-6-15(7-14-8)10-5-13-9(4-12)3-11(10)16-2;1-7-5-14(6-13-7)9-4-12-8(11(15)16)3-10(9)17-2;1-7-5-14(6-13-7)8-4-12-10(11)3-9(8)15-2;1-12-6-2-5(7(9)11)10-3-4(6)8;1-11-7-2-5(3-9)10-4-6(7)8;1-10-7-2-3-9-6(4-7)5-8;1-8-5-3-7(9-2)4-6-8;1-8-6-2-4-7-5-3-6;1-4-2-5-3-6-4;1-6(2,3)4-5;1-2-3;;/h6-9H,1-5H3,(H,16,18,20);3,5-7H,1-2H3;3-6H,1-2H3,(H,15,16);3-6H,1-2H3,(H2,11,12);2-3H,1H3,(H2,9,11);2,4H,1H3;2-4H,1H3;3-6H,1-2H3;2-5H,1H3;2-3H,1H3,(H,5,6);1-3H3;3H;;1H2/q;;;;;;;+1;;;;;+1;/p-1. The number of hydrogen-bond acceptors (Lipinski definition) is 34. The van der Waals surface area contributed by atoms with Crippen LogP contribution in [0.2, 0.25) is 19.6 Å². The van der Waals surface area contributed by atoms with E-state index in [1.165, 1.54) is 51.1 Å². The molecular formula is C89H105BBr2KN27O15SSi+. The number of imidazole rings is 5. The van der Waals surface area contributed by atoms with Crippen molar-refractivity contribution in [3.8, 4) is 98.4 Å². The van der Waals surface area contributed by atoms with Crippen LogP contribution in [0.5, 0.6) is 51.7 Å². The van der Waals surface area contributed by atoms with Crippen LogP contribution in [0.15, 0.2) is 217 Å². The van der Waals surface area contributed by atoms with Crippen molar-refractivity contribution in [2.24, 2.45) is 17.1 Å². The summed E-state index contributed by atoms with van der Waals surface area (Å²) < 4.78 is 64.0. The summed E-state index contributed by atoms with van der Waals surface area (Å²) in [5, 5.41) is 45.2. The van der Waals surface area contributed by atoms with E-state index in [2.05, 4.69) is 137 Å². The smallest absolute Gasteiger partial charge is 0.870 e. The van der Waals surface area contributed by atoms with Crippen molar-refractivity contribution >= 4 is 90.0 Å². The summed E-state index contributed by atoms with van der Waals surface area (Å²) >= 11 is 9.61. The number of rotatable bonds is 16. The second kappa shape index (κ2) is 64.5. The number of nitrogens with two attached hydrogens (primary N) is 2. The Labute approximate surface area is 860 Å². The normalized spacial score (nSPS) is 9.51. The molecule has 0 spiro atoms. The van der Waals surface area contributed by atoms with Gasteiger partial charge in [0.15, 0.2) is 26.2 Å². The number of thiol groups is 1. The number of anilines is 2. The van der Waals surface area contributed by atoms with Gasteiger partial charge in [-0.15, -0.1) is 0 Å². The molecule has 0 aromatic carbocycles. The molecule has 14 aromatic heterocycles. The van der Waals surface area contributed by atoms with Crippen LogP contribution in [0.3, 0.4) is 0 Å². The van der Waals surface area contributed by atoms with Gasteiger partial charge in [-0.2, -0.15) is 15.8 Å². The van der Waals surface area contributed by atoms with E-state index in [0.29, 0.717) is 79.1 Å². The molecule has 137 heavy (non-hydrogen) atoms. The van der Waals surface area contributed by atoms with Gasteiger partial charge < -0.3 is 92.7 Å². The Morgan fingerprint density at radius 2 is 0.876 bits per heavy atom. The number of primary amides is 1. The summed E-state index contributed by atoms with van der Waals surface area (Å²) in [6, 6.07) is 25.9. The first-order valence-corrected chi connectivity index (χ1v) is 44.7. The number of aryl methyl sites for hydroxylation is 6. The van der Waals surface area contributed by atoms with Crippen LogP contribution in [0.25, 0.3) is 22.7 Å². The summed E-state index contributed by atoms with van der Waals surface area (Å²) in [7, 11) is 19.1. The monoisotopic (exact) mass is 2060 g/mol. The number of aromatic carboxylic acids is 1. The van der Waals surface area contributed by atoms with E-state index in [1.807, 2.05) is 136 Å². The van der Waals surface area contributed by atoms with Gasteiger partial charge in [0.25, 0.3) is 5.91 Å². The van der Waals surface area contributed by atoms with E-state index >= 15 is 0 Å². The predicted octanol–water partition coefficient (Wildman–Crippen LogP) is 11.2. The van der Waals surface area contributed by atoms with Gasteiger partial charge in [-0.3, -0.25) is 15.1 Å². The number of carbonyl (C=O) groups excluding carboxylic acids is 2. The number of pyridine rings is 9. The van der Waals surface area contributed by atoms with Crippen LogP contribution in [0.4, 0.5) is 16.4 Å². The summed E-state index contributed by atoms with van der Waals surface area (Å²) in [4.78, 5) is 87.6. The van der Waals surface area contributed by atoms with Gasteiger partial charge in [0.2, 0.25) is 0 Å². The number of nitrogen functional groups attached to an aromatic ring is 1. The molecule has 1 radical (unpaired) electrons. The van der Waals surface area contributed by atoms with Crippen LogP contribution >= 0.6 is 44.7 Å². The molecule has 0 aliphatic heterocycles. The van der Waals surface area contributed by atoms with Crippen LogP contribution in [-0.4, -0.2) is 202 Å². The molecule has 0 aliphatic carbocycles. The molecule has 42 nitrogen and oxygen atoms in total. The van der Waals surface area contributed by atoms with E-state index in [-0.39, 0.29) is 68.2 Å². The number of aromatic nitrogens is 19. The maximum atomic E-state index is 11.8. The molecule has 14 heterocycles. The van der Waals surface area contributed by atoms with Crippen LogP contribution in [0, 0.1) is 79.6 Å². The van der Waals surface area contributed by atoms with Crippen LogP contribution in [-0.2, 0) is 11.8 Å². The second-order valence-corrected chi connectivity index (χ2v) is 35.0. The van der Waals surface area contributed by atoms with Gasteiger partial charge in [0.05, 0.1) is 152 Å². The van der Waals surface area contributed by atoms with Crippen LogP contribution < -0.4 is 115 Å². The van der Waals surface area contributed by atoms with Gasteiger partial charge in [0, 0.05) is 128 Å². The zero-order valence-electron chi connectivity index (χ0n) is 79.5. The molecule has 713 valence electrons. The Morgan fingerprint density at radius 1 is 0.511 bits per heavy atom. The number of carboxylic acids is 1. The van der Waals surface area contributed by atoms with E-state index in [4.69, 9.17) is 85.0 Å². The fraction of sp³-hybridized carbons (Fsp3) is 0.247. The Morgan fingerprint density at radius 3 is 1.25 bits per heavy atom. The van der Waals surface area contributed by atoms with Crippen molar-refractivity contribution in [1.29, 1.82) is 21.0 Å². The minimum atomic E-state index is -1.33. The molecule has 0 unspecified atom stereocenters. The maximum Gasteiger partial charge on any atom is 1.00 e. The molecule has 14 rings (SSSR count). The van der Waals surface area contributed by atoms with Crippen molar-refractivity contribution < 1.29 is 128 Å². The quantitative estimate of drug-likeness (QED) is 0.0297. The summed E-state index contributed by atoms with van der Waals surface area (Å²) in [6.07, 6.45) is 35.1. The number of hydrogen-bond donors (Lipinski definition) is 6. The summed E-state index contributed by atoms with van der Waals surface area (Å²) in [5.74, 6) is 4.99. The number of nitrogens with one attached hydrogen (secondary N) is 2. The first kappa shape index (κ1) is 121. The van der Waals surface area contributed by atoms with Gasteiger partial charge in [0.1, 0.15) is 140 Å². The van der Waals surface area contributed by atoms with Crippen molar-refractivity contribution in [2.45, 2.75) is 80.6 Å². The van der Waals surface area contributed by atoms with E-state index in [1.54, 1.807) is 203 Å². The average Bonchev–Trinajstić information content (AvgIpc) is 1.78. The summed E-state index contributed by atoms with van der Waals surface area (Å²) in [6.45, 7) is 21.0. The fourth-order valence-corrected chi connectivity index (χ4v) is 10.2. The average molecular weight is 2060 g/mol. The number of nitrogens with zero attached hydrogens (tertiary/aromatic N) is 23. The SMILES string of the molecule is COc1cc(C#N)ncc1-n1cnc(C)c1.COc1cc(C#N)ncc1Br.COc1cc(C(=O)O)ncc1-n1cnc(C)c1.COc1cc(C(N)=O)ncc1Br.COc1cc(N)ncc1-n1cnc(C)c1.COc1cc(NC(=O)OC(C)(C)C)ncc1-n1cnc(C)c1.COc1cc[n+](C)cc1.COc1ccnc(C#N)c1.COc1ccncc1.C[Si](C)(C)C#N.Cc1cnc[nH]1.[B]=NS.[K+].[OH-]. The first-order chi connectivity index (χ1) is 64.2. The minimum Gasteiger partial charge on any atom is -0.870 e. The molecule has 0 saturated heterocycles. The van der Waals surface area contributed by atoms with Gasteiger partial charge in [-0.05, 0) is 105 Å². The van der Waals surface area contributed by atoms with E-state index in [9.17, 15) is 14.4 Å². The Balaban J connectivity index is 0.000000764. The Hall–Kier alpha value is -14.4. The number of halogens is 2. The molecule has 2 amide bonds. The predicted molar refractivity (Wildman–Crippen MR) is 519 cm³/mol. The minimum absolute atomic E-state index is 0. The molecule has 0 fully saturated rings. The van der Waals surface area contributed by atoms with Gasteiger partial charge in [-0.25, -0.2) is 79.2 Å². The number of carbonyl (C=O) groups is 3. The van der Waals surface area contributed by atoms with E-state index in [0.717, 1.165) is 61.5 Å². The van der Waals surface area contributed by atoms with Gasteiger partial charge >= 0.3 is 88.2 Å². The number of methoxy groups -OCH3 is 9. The first-order valence-electron chi connectivity index (χ1n) is 39.2.